The highest BCUT2D eigenvalue weighted by Crippen LogP contribution is 2.28. The molecule has 146 valence electrons. The molecule has 2 aromatic carbocycles. The molecule has 28 heavy (non-hydrogen) atoms. The van der Waals surface area contributed by atoms with E-state index in [4.69, 9.17) is 21.2 Å². The summed E-state index contributed by atoms with van der Waals surface area (Å²) in [5.74, 6) is 0.524. The molecule has 9 heteroatoms. The summed E-state index contributed by atoms with van der Waals surface area (Å²) in [5, 5.41) is 12.0. The van der Waals surface area contributed by atoms with E-state index < -0.39 is 0 Å². The maximum Gasteiger partial charge on any atom is 0.368 e. The third-order valence-corrected chi connectivity index (χ3v) is 4.58. The standard InChI is InChI=1S/C19H20ClN5O3/c1-12-6-5-7-17(25-19(26)24(3)22-23-25)15(12)11-28-18-9-8-14(10-16(18)20)13(2)21-27-4/h5-10H,11H2,1-4H3/b21-13-. The molecule has 0 amide bonds. The van der Waals surface area contributed by atoms with Crippen molar-refractivity contribution >= 4 is 17.3 Å². The number of aryl methyl sites for hydroxylation is 2. The first-order chi connectivity index (χ1) is 13.4. The number of ether oxygens (including phenoxy) is 1. The number of hydrogen-bond donors (Lipinski definition) is 0. The zero-order valence-electron chi connectivity index (χ0n) is 16.0. The van der Waals surface area contributed by atoms with Crippen LogP contribution in [0.1, 0.15) is 23.6 Å². The van der Waals surface area contributed by atoms with E-state index in [1.165, 1.54) is 16.5 Å². The lowest BCUT2D eigenvalue weighted by molar-refractivity contribution is 0.213. The lowest BCUT2D eigenvalue weighted by atomic mass is 10.1. The molecule has 8 nitrogen and oxygen atoms in total. The zero-order chi connectivity index (χ0) is 20.3. The Bertz CT molecular complexity index is 1090. The van der Waals surface area contributed by atoms with E-state index in [0.29, 0.717) is 22.2 Å². The molecule has 0 N–H and O–H groups in total. The second-order valence-electron chi connectivity index (χ2n) is 6.16. The Morgan fingerprint density at radius 3 is 2.68 bits per heavy atom. The minimum Gasteiger partial charge on any atom is -0.487 e. The van der Waals surface area contributed by atoms with Crippen molar-refractivity contribution in [1.82, 2.24) is 19.8 Å². The second kappa shape index (κ2) is 8.26. The van der Waals surface area contributed by atoms with Crippen LogP contribution in [0.3, 0.4) is 0 Å². The van der Waals surface area contributed by atoms with Crippen LogP contribution in [0.4, 0.5) is 0 Å². The van der Waals surface area contributed by atoms with Gasteiger partial charge in [-0.3, -0.25) is 0 Å². The molecule has 0 aliphatic carbocycles. The molecule has 0 aliphatic rings. The van der Waals surface area contributed by atoms with Crippen molar-refractivity contribution in [1.29, 1.82) is 0 Å². The Balaban J connectivity index is 1.89. The number of halogens is 1. The van der Waals surface area contributed by atoms with Crippen LogP contribution in [0.5, 0.6) is 5.75 Å². The van der Waals surface area contributed by atoms with Gasteiger partial charge in [0.2, 0.25) is 0 Å². The fraction of sp³-hybridized carbons (Fsp3) is 0.263. The molecular weight excluding hydrogens is 382 g/mol. The molecular formula is C19H20ClN5O3. The van der Waals surface area contributed by atoms with E-state index in [1.807, 2.05) is 32.0 Å². The molecule has 0 unspecified atom stereocenters. The predicted molar refractivity (Wildman–Crippen MR) is 106 cm³/mol. The van der Waals surface area contributed by atoms with Crippen LogP contribution < -0.4 is 10.4 Å². The normalized spacial score (nSPS) is 11.5. The summed E-state index contributed by atoms with van der Waals surface area (Å²) < 4.78 is 8.36. The molecule has 0 spiro atoms. The van der Waals surface area contributed by atoms with Crippen LogP contribution in [-0.2, 0) is 18.5 Å². The molecule has 3 aromatic rings. The van der Waals surface area contributed by atoms with E-state index >= 15 is 0 Å². The summed E-state index contributed by atoms with van der Waals surface area (Å²) in [6, 6.07) is 11.0. The summed E-state index contributed by atoms with van der Waals surface area (Å²) in [6.45, 7) is 3.99. The molecule has 0 saturated carbocycles. The van der Waals surface area contributed by atoms with Crippen LogP contribution in [0.25, 0.3) is 5.69 Å². The third kappa shape index (κ3) is 3.91. The predicted octanol–water partition coefficient (Wildman–Crippen LogP) is 2.88. The average Bonchev–Trinajstić information content (AvgIpc) is 3.00. The van der Waals surface area contributed by atoms with Gasteiger partial charge in [-0.05, 0) is 54.1 Å². The first kappa shape index (κ1) is 19.6. The summed E-state index contributed by atoms with van der Waals surface area (Å²) in [4.78, 5) is 17.0. The molecule has 0 atom stereocenters. The minimum atomic E-state index is -0.331. The monoisotopic (exact) mass is 401 g/mol. The Kier molecular flexibility index (Phi) is 5.79. The van der Waals surface area contributed by atoms with E-state index in [9.17, 15) is 4.79 Å². The third-order valence-electron chi connectivity index (χ3n) is 4.29. The van der Waals surface area contributed by atoms with Crippen molar-refractivity contribution in [3.05, 3.63) is 68.6 Å². The Morgan fingerprint density at radius 2 is 2.04 bits per heavy atom. The van der Waals surface area contributed by atoms with Crippen LogP contribution >= 0.6 is 11.6 Å². The van der Waals surface area contributed by atoms with Crippen LogP contribution in [0.15, 0.2) is 46.3 Å². The summed E-state index contributed by atoms with van der Waals surface area (Å²) in [5.41, 5.74) is 3.62. The second-order valence-corrected chi connectivity index (χ2v) is 6.57. The van der Waals surface area contributed by atoms with Crippen molar-refractivity contribution in [2.75, 3.05) is 7.11 Å². The van der Waals surface area contributed by atoms with Gasteiger partial charge in [0.05, 0.1) is 16.4 Å². The average molecular weight is 402 g/mol. The summed E-state index contributed by atoms with van der Waals surface area (Å²) >= 11 is 6.36. The molecule has 0 bridgehead atoms. The van der Waals surface area contributed by atoms with Crippen LogP contribution in [0, 0.1) is 6.92 Å². The number of aromatic nitrogens is 4. The van der Waals surface area contributed by atoms with Gasteiger partial charge in [0.25, 0.3) is 0 Å². The topological polar surface area (TPSA) is 83.5 Å². The smallest absolute Gasteiger partial charge is 0.368 e. The number of rotatable bonds is 6. The van der Waals surface area contributed by atoms with Crippen molar-refractivity contribution in [3.8, 4) is 11.4 Å². The highest BCUT2D eigenvalue weighted by Gasteiger charge is 2.14. The van der Waals surface area contributed by atoms with Crippen molar-refractivity contribution in [2.45, 2.75) is 20.5 Å². The number of nitrogens with zero attached hydrogens (tertiary/aromatic N) is 5. The van der Waals surface area contributed by atoms with Crippen molar-refractivity contribution in [2.24, 2.45) is 12.2 Å². The Hall–Kier alpha value is -3.13. The fourth-order valence-corrected chi connectivity index (χ4v) is 2.96. The SMILES string of the molecule is CO/N=C(/C)c1ccc(OCc2c(C)cccc2-n2nnn(C)c2=O)c(Cl)c1. The molecule has 0 saturated heterocycles. The van der Waals surface area contributed by atoms with E-state index in [0.717, 1.165) is 16.7 Å². The Morgan fingerprint density at radius 1 is 1.25 bits per heavy atom. The molecule has 1 aromatic heterocycles. The molecule has 0 fully saturated rings. The molecule has 0 aliphatic heterocycles. The lowest BCUT2D eigenvalue weighted by Crippen LogP contribution is -2.23. The van der Waals surface area contributed by atoms with E-state index in [2.05, 4.69) is 15.6 Å². The minimum absolute atomic E-state index is 0.217. The maximum absolute atomic E-state index is 12.2. The lowest BCUT2D eigenvalue weighted by Gasteiger charge is -2.14. The summed E-state index contributed by atoms with van der Waals surface area (Å²) in [7, 11) is 3.04. The van der Waals surface area contributed by atoms with Gasteiger partial charge in [0.1, 0.15) is 19.5 Å². The van der Waals surface area contributed by atoms with Gasteiger partial charge in [-0.1, -0.05) is 28.9 Å². The van der Waals surface area contributed by atoms with Gasteiger partial charge in [-0.15, -0.1) is 0 Å². The molecule has 1 heterocycles. The van der Waals surface area contributed by atoms with Crippen LogP contribution in [-0.4, -0.2) is 32.6 Å². The zero-order valence-corrected chi connectivity index (χ0v) is 16.8. The van der Waals surface area contributed by atoms with Gasteiger partial charge in [-0.2, -0.15) is 9.36 Å². The van der Waals surface area contributed by atoms with Crippen LogP contribution in [0.2, 0.25) is 5.02 Å². The fourth-order valence-electron chi connectivity index (χ4n) is 2.72. The first-order valence-electron chi connectivity index (χ1n) is 8.50. The van der Waals surface area contributed by atoms with Gasteiger partial charge in [0.15, 0.2) is 0 Å². The number of benzene rings is 2. The summed E-state index contributed by atoms with van der Waals surface area (Å²) in [6.07, 6.45) is 0. The Labute approximate surface area is 166 Å². The largest absolute Gasteiger partial charge is 0.487 e. The highest BCUT2D eigenvalue weighted by molar-refractivity contribution is 6.32. The molecule has 3 rings (SSSR count). The van der Waals surface area contributed by atoms with Gasteiger partial charge in [0, 0.05) is 18.2 Å². The first-order valence-corrected chi connectivity index (χ1v) is 8.88. The highest BCUT2D eigenvalue weighted by atomic mass is 35.5. The van der Waals surface area contributed by atoms with Crippen molar-refractivity contribution in [3.63, 3.8) is 0 Å². The van der Waals surface area contributed by atoms with Gasteiger partial charge in [-0.25, -0.2) is 4.79 Å². The van der Waals surface area contributed by atoms with Gasteiger partial charge < -0.3 is 9.57 Å². The number of tetrazole rings is 1. The van der Waals surface area contributed by atoms with Crippen molar-refractivity contribution < 1.29 is 9.57 Å². The van der Waals surface area contributed by atoms with E-state index in [1.54, 1.807) is 25.2 Å². The van der Waals surface area contributed by atoms with Gasteiger partial charge >= 0.3 is 5.69 Å². The molecule has 0 radical (unpaired) electrons. The number of hydrogen-bond acceptors (Lipinski definition) is 6. The quantitative estimate of drug-likeness (QED) is 0.468. The number of oxime groups is 1. The maximum atomic E-state index is 12.2. The van der Waals surface area contributed by atoms with E-state index in [-0.39, 0.29) is 12.3 Å².